The number of benzene rings is 1. The Balaban J connectivity index is 1.45. The van der Waals surface area contributed by atoms with Gasteiger partial charge in [-0.25, -0.2) is 0 Å². The number of rotatable bonds is 4. The molecule has 5 nitrogen and oxygen atoms in total. The molecule has 2 aliphatic rings. The Kier molecular flexibility index (Phi) is 11.0. The van der Waals surface area contributed by atoms with Crippen LogP contribution in [0.4, 0.5) is 0 Å². The van der Waals surface area contributed by atoms with Gasteiger partial charge in [-0.15, -0.1) is 0 Å². The Labute approximate surface area is 178 Å². The molecule has 1 aromatic rings. The van der Waals surface area contributed by atoms with E-state index >= 15 is 0 Å². The molecule has 5 heteroatoms. The van der Waals surface area contributed by atoms with Gasteiger partial charge in [-0.1, -0.05) is 30.7 Å². The fourth-order valence-electron chi connectivity index (χ4n) is 4.37. The minimum Gasteiger partial charge on any atom is -0.315 e. The second-order valence-corrected chi connectivity index (χ2v) is 8.74. The van der Waals surface area contributed by atoms with Crippen LogP contribution in [0, 0.1) is 0 Å². The summed E-state index contributed by atoms with van der Waals surface area (Å²) >= 11 is 0. The van der Waals surface area contributed by atoms with Crippen molar-refractivity contribution >= 4 is 0 Å². The predicted molar refractivity (Wildman–Crippen MR) is 123 cm³/mol. The minimum absolute atomic E-state index is 1.06. The average molecular weight is 402 g/mol. The van der Waals surface area contributed by atoms with Gasteiger partial charge in [-0.3, -0.25) is 9.80 Å². The third-order valence-corrected chi connectivity index (χ3v) is 6.15. The Morgan fingerprint density at radius 3 is 1.59 bits per heavy atom. The van der Waals surface area contributed by atoms with E-state index in [0.29, 0.717) is 0 Å². The van der Waals surface area contributed by atoms with Gasteiger partial charge in [0.2, 0.25) is 0 Å². The number of likely N-dealkylation sites (tertiary alicyclic amines) is 1. The van der Waals surface area contributed by atoms with E-state index in [-0.39, 0.29) is 0 Å². The van der Waals surface area contributed by atoms with E-state index in [4.69, 9.17) is 0 Å². The standard InChI is InChI=1S/C24H43N5/c1-4-17-28(18-5-1)21-23-7-9-24(10-8-23)22-29-19-6-13-26-15-14-25-11-2-3-12-27-16-20-29/h7-10,25-27H,1-6,11-22H2. The first-order valence-corrected chi connectivity index (χ1v) is 12.0. The van der Waals surface area contributed by atoms with Gasteiger partial charge in [0.05, 0.1) is 0 Å². The van der Waals surface area contributed by atoms with Crippen LogP contribution in [0.5, 0.6) is 0 Å². The average Bonchev–Trinajstić information content (AvgIpc) is 2.76. The molecule has 0 unspecified atom stereocenters. The molecule has 0 spiro atoms. The summed E-state index contributed by atoms with van der Waals surface area (Å²) in [5, 5.41) is 10.7. The lowest BCUT2D eigenvalue weighted by Crippen LogP contribution is -2.34. The van der Waals surface area contributed by atoms with E-state index in [1.54, 1.807) is 0 Å². The third-order valence-electron chi connectivity index (χ3n) is 6.15. The SMILES string of the molecule is c1cc(CN2CCCNCCNCCCCNCC2)ccc1CN1CCCCC1. The molecule has 0 saturated carbocycles. The highest BCUT2D eigenvalue weighted by molar-refractivity contribution is 5.22. The first-order valence-electron chi connectivity index (χ1n) is 12.0. The van der Waals surface area contributed by atoms with E-state index in [9.17, 15) is 0 Å². The zero-order chi connectivity index (χ0) is 20.0. The van der Waals surface area contributed by atoms with Crippen molar-refractivity contribution in [3.05, 3.63) is 35.4 Å². The van der Waals surface area contributed by atoms with Crippen LogP contribution in [0.3, 0.4) is 0 Å². The quantitative estimate of drug-likeness (QED) is 0.723. The molecule has 1 aromatic carbocycles. The smallest absolute Gasteiger partial charge is 0.0234 e. The van der Waals surface area contributed by atoms with E-state index in [0.717, 1.165) is 65.4 Å². The van der Waals surface area contributed by atoms with Crippen LogP contribution in [0.1, 0.15) is 49.7 Å². The maximum Gasteiger partial charge on any atom is 0.0234 e. The van der Waals surface area contributed by atoms with E-state index in [1.807, 2.05) is 0 Å². The van der Waals surface area contributed by atoms with Crippen molar-refractivity contribution in [3.8, 4) is 0 Å². The van der Waals surface area contributed by atoms with Crippen molar-refractivity contribution in [2.45, 2.75) is 51.6 Å². The Morgan fingerprint density at radius 1 is 0.483 bits per heavy atom. The maximum atomic E-state index is 3.63. The van der Waals surface area contributed by atoms with Crippen LogP contribution < -0.4 is 16.0 Å². The monoisotopic (exact) mass is 401 g/mol. The number of piperidine rings is 1. The summed E-state index contributed by atoms with van der Waals surface area (Å²) < 4.78 is 0. The van der Waals surface area contributed by atoms with E-state index in [2.05, 4.69) is 50.0 Å². The lowest BCUT2D eigenvalue weighted by atomic mass is 10.1. The second-order valence-electron chi connectivity index (χ2n) is 8.74. The zero-order valence-electron chi connectivity index (χ0n) is 18.4. The summed E-state index contributed by atoms with van der Waals surface area (Å²) in [6.45, 7) is 13.7. The minimum atomic E-state index is 1.06. The van der Waals surface area contributed by atoms with Gasteiger partial charge >= 0.3 is 0 Å². The molecule has 2 saturated heterocycles. The number of hydrogen-bond acceptors (Lipinski definition) is 5. The van der Waals surface area contributed by atoms with Crippen LogP contribution in [0.15, 0.2) is 24.3 Å². The molecule has 2 heterocycles. The third kappa shape index (κ3) is 9.58. The summed E-state index contributed by atoms with van der Waals surface area (Å²) in [4.78, 5) is 5.22. The van der Waals surface area contributed by atoms with Crippen LogP contribution in [0.25, 0.3) is 0 Å². The Morgan fingerprint density at radius 2 is 0.966 bits per heavy atom. The molecule has 164 valence electrons. The largest absolute Gasteiger partial charge is 0.315 e. The predicted octanol–water partition coefficient (Wildman–Crippen LogP) is 2.43. The van der Waals surface area contributed by atoms with Crippen molar-refractivity contribution in [3.63, 3.8) is 0 Å². The van der Waals surface area contributed by atoms with E-state index < -0.39 is 0 Å². The molecule has 2 fully saturated rings. The fraction of sp³-hybridized carbons (Fsp3) is 0.750. The van der Waals surface area contributed by atoms with Gasteiger partial charge in [0.15, 0.2) is 0 Å². The van der Waals surface area contributed by atoms with Crippen molar-refractivity contribution in [2.75, 3.05) is 65.4 Å². The van der Waals surface area contributed by atoms with Gasteiger partial charge < -0.3 is 16.0 Å². The highest BCUT2D eigenvalue weighted by atomic mass is 15.1. The molecule has 0 amide bonds. The van der Waals surface area contributed by atoms with Crippen molar-refractivity contribution in [1.29, 1.82) is 0 Å². The molecular weight excluding hydrogens is 358 g/mol. The lowest BCUT2D eigenvalue weighted by Gasteiger charge is -2.26. The first-order chi connectivity index (χ1) is 14.4. The highest BCUT2D eigenvalue weighted by Crippen LogP contribution is 2.14. The maximum absolute atomic E-state index is 3.63. The van der Waals surface area contributed by atoms with Gasteiger partial charge in [0.1, 0.15) is 0 Å². The molecule has 0 radical (unpaired) electrons. The van der Waals surface area contributed by atoms with Crippen molar-refractivity contribution < 1.29 is 0 Å². The molecule has 3 rings (SSSR count). The molecule has 29 heavy (non-hydrogen) atoms. The van der Waals surface area contributed by atoms with Crippen molar-refractivity contribution in [1.82, 2.24) is 25.8 Å². The first kappa shape index (κ1) is 22.7. The number of nitrogens with zero attached hydrogens (tertiary/aromatic N) is 2. The summed E-state index contributed by atoms with van der Waals surface area (Å²) in [6, 6.07) is 9.41. The van der Waals surface area contributed by atoms with Crippen LogP contribution >= 0.6 is 0 Å². The van der Waals surface area contributed by atoms with Crippen LogP contribution in [-0.4, -0.2) is 75.2 Å². The molecule has 3 N–H and O–H groups in total. The van der Waals surface area contributed by atoms with E-state index in [1.165, 1.54) is 62.7 Å². The molecule has 0 atom stereocenters. The molecule has 0 aromatic heterocycles. The second kappa shape index (κ2) is 14.1. The number of nitrogens with one attached hydrogen (secondary N) is 3. The topological polar surface area (TPSA) is 42.6 Å². The Bertz CT molecular complexity index is 511. The fourth-order valence-corrected chi connectivity index (χ4v) is 4.37. The van der Waals surface area contributed by atoms with Gasteiger partial charge in [-0.05, 0) is 82.5 Å². The number of hydrogen-bond donors (Lipinski definition) is 3. The molecule has 2 aliphatic heterocycles. The summed E-state index contributed by atoms with van der Waals surface area (Å²) in [5.41, 5.74) is 2.91. The zero-order valence-corrected chi connectivity index (χ0v) is 18.4. The van der Waals surface area contributed by atoms with Gasteiger partial charge in [-0.2, -0.15) is 0 Å². The molecule has 0 bridgehead atoms. The summed E-state index contributed by atoms with van der Waals surface area (Å²) in [5.74, 6) is 0. The highest BCUT2D eigenvalue weighted by Gasteiger charge is 2.11. The normalized spacial score (nSPS) is 22.6. The molecular formula is C24H43N5. The molecule has 0 aliphatic carbocycles. The van der Waals surface area contributed by atoms with Crippen LogP contribution in [-0.2, 0) is 13.1 Å². The van der Waals surface area contributed by atoms with Crippen LogP contribution in [0.2, 0.25) is 0 Å². The summed E-state index contributed by atoms with van der Waals surface area (Å²) in [7, 11) is 0. The Hall–Kier alpha value is -0.980. The lowest BCUT2D eigenvalue weighted by molar-refractivity contribution is 0.221. The van der Waals surface area contributed by atoms with Gasteiger partial charge in [0, 0.05) is 39.3 Å². The summed E-state index contributed by atoms with van der Waals surface area (Å²) in [6.07, 6.45) is 7.89. The van der Waals surface area contributed by atoms with Crippen molar-refractivity contribution in [2.24, 2.45) is 0 Å². The van der Waals surface area contributed by atoms with Gasteiger partial charge in [0.25, 0.3) is 0 Å².